The molecule has 4 rings (SSSR count). The number of benzene rings is 1. The number of carbonyl (C=O) groups is 2. The summed E-state index contributed by atoms with van der Waals surface area (Å²) in [5.74, 6) is -0.141. The van der Waals surface area contributed by atoms with Crippen LogP contribution in [0.1, 0.15) is 35.2 Å². The van der Waals surface area contributed by atoms with Crippen LogP contribution in [0.4, 0.5) is 0 Å². The summed E-state index contributed by atoms with van der Waals surface area (Å²) in [5, 5.41) is 0. The number of para-hydroxylation sites is 1. The summed E-state index contributed by atoms with van der Waals surface area (Å²) in [6, 6.07) is 13.8. The summed E-state index contributed by atoms with van der Waals surface area (Å²) in [7, 11) is 1.32. The summed E-state index contributed by atoms with van der Waals surface area (Å²) in [6.07, 6.45) is 3.35. The number of allylic oxidation sites excluding steroid dienone is 1. The lowest BCUT2D eigenvalue weighted by Crippen LogP contribution is -2.24. The predicted molar refractivity (Wildman–Crippen MR) is 122 cm³/mol. The van der Waals surface area contributed by atoms with Crippen LogP contribution in [0.5, 0.6) is 0 Å². The summed E-state index contributed by atoms with van der Waals surface area (Å²) in [4.78, 5) is 27.5. The van der Waals surface area contributed by atoms with E-state index in [1.165, 1.54) is 7.11 Å². The third-order valence-corrected chi connectivity index (χ3v) is 5.92. The fraction of sp³-hybridized carbons (Fsp3) is 0.231. The smallest absolute Gasteiger partial charge is 0.340 e. The zero-order valence-corrected chi connectivity index (χ0v) is 18.9. The molecule has 0 radical (unpaired) electrons. The van der Waals surface area contributed by atoms with E-state index in [-0.39, 0.29) is 18.0 Å². The first kappa shape index (κ1) is 21.4. The average Bonchev–Trinajstić information content (AvgIpc) is 3.44. The van der Waals surface area contributed by atoms with Gasteiger partial charge in [-0.2, -0.15) is 0 Å². The molecule has 1 aliphatic heterocycles. The van der Waals surface area contributed by atoms with Gasteiger partial charge in [0.25, 0.3) is 5.91 Å². The van der Waals surface area contributed by atoms with Crippen LogP contribution in [0.2, 0.25) is 0 Å². The van der Waals surface area contributed by atoms with Gasteiger partial charge in [0.05, 0.1) is 31.1 Å². The number of ether oxygens (including phenoxy) is 1. The van der Waals surface area contributed by atoms with Crippen molar-refractivity contribution in [2.75, 3.05) is 7.11 Å². The average molecular weight is 431 g/mol. The Bertz CT molecular complexity index is 1260. The molecule has 0 N–H and O–H groups in total. The van der Waals surface area contributed by atoms with Gasteiger partial charge in [-0.05, 0) is 69.2 Å². The number of rotatable bonds is 5. The van der Waals surface area contributed by atoms with E-state index in [0.717, 1.165) is 28.2 Å². The molecule has 1 aliphatic rings. The highest BCUT2D eigenvalue weighted by molar-refractivity contribution is 6.16. The third kappa shape index (κ3) is 3.58. The maximum Gasteiger partial charge on any atom is 0.340 e. The number of esters is 1. The molecule has 0 aliphatic carbocycles. The van der Waals surface area contributed by atoms with Crippen LogP contribution in [-0.2, 0) is 20.9 Å². The van der Waals surface area contributed by atoms with Crippen molar-refractivity contribution in [3.8, 4) is 5.69 Å². The lowest BCUT2D eigenvalue weighted by molar-refractivity contribution is -0.136. The Morgan fingerprint density at radius 2 is 1.84 bits per heavy atom. The molecule has 0 spiro atoms. The molecule has 0 saturated heterocycles. The number of aromatic nitrogens is 1. The highest BCUT2D eigenvalue weighted by Gasteiger charge is 2.37. The van der Waals surface area contributed by atoms with Crippen molar-refractivity contribution < 1.29 is 18.7 Å². The first-order valence-corrected chi connectivity index (χ1v) is 10.4. The first-order valence-electron chi connectivity index (χ1n) is 10.4. The van der Waals surface area contributed by atoms with Crippen LogP contribution >= 0.6 is 0 Å². The van der Waals surface area contributed by atoms with Gasteiger partial charge in [-0.15, -0.1) is 0 Å². The topological polar surface area (TPSA) is 64.7 Å². The molecule has 6 nitrogen and oxygen atoms in total. The normalized spacial score (nSPS) is 15.2. The van der Waals surface area contributed by atoms with Crippen LogP contribution in [0.3, 0.4) is 0 Å². The van der Waals surface area contributed by atoms with Crippen LogP contribution < -0.4 is 0 Å². The molecule has 0 saturated carbocycles. The first-order chi connectivity index (χ1) is 15.3. The van der Waals surface area contributed by atoms with Gasteiger partial charge in [-0.3, -0.25) is 4.79 Å². The zero-order valence-electron chi connectivity index (χ0n) is 18.9. The quantitative estimate of drug-likeness (QED) is 0.428. The second kappa shape index (κ2) is 8.38. The van der Waals surface area contributed by atoms with Gasteiger partial charge in [0.15, 0.2) is 0 Å². The van der Waals surface area contributed by atoms with Gasteiger partial charge in [-0.25, -0.2) is 4.79 Å². The van der Waals surface area contributed by atoms with Crippen LogP contribution in [-0.4, -0.2) is 28.5 Å². The Morgan fingerprint density at radius 3 is 2.50 bits per heavy atom. The van der Waals surface area contributed by atoms with E-state index in [1.54, 1.807) is 36.3 Å². The van der Waals surface area contributed by atoms with Crippen LogP contribution in [0.15, 0.2) is 70.0 Å². The van der Waals surface area contributed by atoms with Crippen LogP contribution in [0, 0.1) is 20.8 Å². The van der Waals surface area contributed by atoms with E-state index in [2.05, 4.69) is 23.6 Å². The van der Waals surface area contributed by atoms with E-state index in [4.69, 9.17) is 9.15 Å². The van der Waals surface area contributed by atoms with Crippen molar-refractivity contribution in [3.63, 3.8) is 0 Å². The minimum Gasteiger partial charge on any atom is -0.467 e. The third-order valence-electron chi connectivity index (χ3n) is 5.92. The fourth-order valence-corrected chi connectivity index (χ4v) is 4.25. The fourth-order valence-electron chi connectivity index (χ4n) is 4.25. The molecule has 3 aromatic rings. The van der Waals surface area contributed by atoms with E-state index in [9.17, 15) is 9.59 Å². The van der Waals surface area contributed by atoms with E-state index < -0.39 is 5.97 Å². The Labute approximate surface area is 187 Å². The predicted octanol–water partition coefficient (Wildman–Crippen LogP) is 4.87. The largest absolute Gasteiger partial charge is 0.467 e. The number of nitrogens with zero attached hydrogens (tertiary/aromatic N) is 2. The molecular formula is C26H26N2O4. The maximum absolute atomic E-state index is 13.4. The minimum atomic E-state index is -0.531. The number of carbonyl (C=O) groups excluding carboxylic acids is 2. The van der Waals surface area contributed by atoms with E-state index in [1.807, 2.05) is 32.0 Å². The Hall–Kier alpha value is -3.80. The van der Waals surface area contributed by atoms with Crippen molar-refractivity contribution in [2.45, 2.75) is 34.2 Å². The van der Waals surface area contributed by atoms with E-state index in [0.29, 0.717) is 17.0 Å². The Morgan fingerprint density at radius 1 is 1.09 bits per heavy atom. The lowest BCUT2D eigenvalue weighted by Gasteiger charge is -2.16. The van der Waals surface area contributed by atoms with Crippen molar-refractivity contribution in [1.82, 2.24) is 9.47 Å². The van der Waals surface area contributed by atoms with Gasteiger partial charge in [-0.1, -0.05) is 18.2 Å². The summed E-state index contributed by atoms with van der Waals surface area (Å²) in [5.41, 5.74) is 6.31. The molecule has 2 aromatic heterocycles. The lowest BCUT2D eigenvalue weighted by atomic mass is 10.0. The van der Waals surface area contributed by atoms with Crippen molar-refractivity contribution in [2.24, 2.45) is 0 Å². The highest BCUT2D eigenvalue weighted by Crippen LogP contribution is 2.34. The summed E-state index contributed by atoms with van der Waals surface area (Å²) < 4.78 is 12.6. The molecule has 1 aromatic carbocycles. The monoisotopic (exact) mass is 430 g/mol. The van der Waals surface area contributed by atoms with Gasteiger partial charge in [0.1, 0.15) is 5.76 Å². The Kier molecular flexibility index (Phi) is 5.61. The van der Waals surface area contributed by atoms with Gasteiger partial charge in [0, 0.05) is 22.8 Å². The molecule has 164 valence electrons. The van der Waals surface area contributed by atoms with Crippen molar-refractivity contribution in [3.05, 3.63) is 93.8 Å². The molecule has 32 heavy (non-hydrogen) atoms. The van der Waals surface area contributed by atoms with Gasteiger partial charge >= 0.3 is 5.97 Å². The molecular weight excluding hydrogens is 404 g/mol. The summed E-state index contributed by atoms with van der Waals surface area (Å²) >= 11 is 0. The number of hydrogen-bond acceptors (Lipinski definition) is 4. The molecule has 1 amide bonds. The number of furan rings is 1. The second-order valence-corrected chi connectivity index (χ2v) is 7.93. The molecule has 0 bridgehead atoms. The summed E-state index contributed by atoms with van der Waals surface area (Å²) in [6.45, 7) is 8.12. The standard InChI is InChI=1S/C26H26N2O4/c1-16-9-6-7-11-23(16)28-17(2)13-20(18(28)3)14-22-24(26(30)31-5)19(4)27(25(22)29)15-21-10-8-12-32-21/h6-14H,15H2,1-5H3/b22-14-. The minimum absolute atomic E-state index is 0.248. The molecule has 0 unspecified atom stereocenters. The molecule has 6 heteroatoms. The zero-order chi connectivity index (χ0) is 23.0. The van der Waals surface area contributed by atoms with Gasteiger partial charge in [0.2, 0.25) is 0 Å². The number of amides is 1. The molecule has 0 fully saturated rings. The van der Waals surface area contributed by atoms with E-state index >= 15 is 0 Å². The number of hydrogen-bond donors (Lipinski definition) is 0. The number of aryl methyl sites for hydroxylation is 2. The van der Waals surface area contributed by atoms with Gasteiger partial charge < -0.3 is 18.6 Å². The maximum atomic E-state index is 13.4. The highest BCUT2D eigenvalue weighted by atomic mass is 16.5. The SMILES string of the molecule is COC(=O)C1=C(C)N(Cc2ccco2)C(=O)/C1=C\c1cc(C)n(-c2ccccc2C)c1C. The van der Waals surface area contributed by atoms with Crippen LogP contribution in [0.25, 0.3) is 11.8 Å². The van der Waals surface area contributed by atoms with Crippen molar-refractivity contribution >= 4 is 18.0 Å². The number of methoxy groups -OCH3 is 1. The molecule has 3 heterocycles. The second-order valence-electron chi connectivity index (χ2n) is 7.93. The Balaban J connectivity index is 1.81. The van der Waals surface area contributed by atoms with Crippen molar-refractivity contribution in [1.29, 1.82) is 0 Å². The molecule has 0 atom stereocenters.